The van der Waals surface area contributed by atoms with Gasteiger partial charge in [0.05, 0.1) is 6.61 Å². The van der Waals surface area contributed by atoms with Crippen molar-refractivity contribution in [3.8, 4) is 0 Å². The molecule has 1 aromatic rings. The lowest BCUT2D eigenvalue weighted by Gasteiger charge is -1.99. The fourth-order valence-corrected chi connectivity index (χ4v) is 0.906. The van der Waals surface area contributed by atoms with Crippen LogP contribution in [-0.2, 0) is 11.2 Å². The van der Waals surface area contributed by atoms with Crippen LogP contribution < -0.4 is 5.73 Å². The summed E-state index contributed by atoms with van der Waals surface area (Å²) < 4.78 is 4.47. The Morgan fingerprint density at radius 1 is 1.33 bits per heavy atom. The summed E-state index contributed by atoms with van der Waals surface area (Å²) in [5.41, 5.74) is 7.59. The molecule has 1 rings (SSSR count). The van der Waals surface area contributed by atoms with Gasteiger partial charge in [0.25, 0.3) is 0 Å². The van der Waals surface area contributed by atoms with E-state index >= 15 is 0 Å². The molecule has 0 heterocycles. The Kier molecular flexibility index (Phi) is 3.14. The lowest BCUT2D eigenvalue weighted by molar-refractivity contribution is 0.156. The van der Waals surface area contributed by atoms with Crippen LogP contribution in [0.15, 0.2) is 30.3 Å². The van der Waals surface area contributed by atoms with E-state index < -0.39 is 6.09 Å². The van der Waals surface area contributed by atoms with Crippen molar-refractivity contribution in [1.29, 1.82) is 0 Å². The number of amides is 1. The van der Waals surface area contributed by atoms with E-state index in [-0.39, 0.29) is 6.61 Å². The summed E-state index contributed by atoms with van der Waals surface area (Å²) in [6.07, 6.45) is -0.295. The topological polar surface area (TPSA) is 50.1 Å². The van der Waals surface area contributed by atoms with Crippen LogP contribution in [0.5, 0.6) is 0 Å². The largest absolute Gasteiger partial charge is 0.448 e. The van der Waals surface area contributed by atoms with Crippen molar-refractivity contribution in [2.75, 3.05) is 6.61 Å². The van der Waals surface area contributed by atoms with Crippen molar-refractivity contribution in [3.05, 3.63) is 35.9 Å². The number of hydrogen-bond acceptors (Lipinski definition) is 2. The molecule has 0 aliphatic heterocycles. The zero-order valence-electron chi connectivity index (χ0n) is 6.62. The van der Waals surface area contributed by atoms with E-state index in [1.807, 2.05) is 30.3 Å². The molecule has 63 valence electrons. The molecule has 3 nitrogen and oxygen atoms in total. The van der Waals surface area contributed by atoms with E-state index in [2.05, 4.69) is 4.74 Å². The van der Waals surface area contributed by atoms with Crippen molar-refractivity contribution < 1.29 is 9.53 Å². The highest BCUT2D eigenvalue weighted by atomic mass is 16.5. The average Bonchev–Trinajstić information content (AvgIpc) is 2.05. The van der Waals surface area contributed by atoms with Gasteiger partial charge in [0.2, 0.25) is 0 Å². The minimum Gasteiger partial charge on any atom is -0.448 e. The summed E-state index contributed by atoms with van der Waals surface area (Å²) in [7, 11) is 0. The Hall–Kier alpha value is -1.51. The quantitative estimate of drug-likeness (QED) is 0.682. The molecule has 0 aromatic heterocycles. The lowest BCUT2D eigenvalue weighted by atomic mass is 10.2. The van der Waals surface area contributed by atoms with Crippen molar-refractivity contribution in [2.24, 2.45) is 0 Å². The molecule has 0 spiro atoms. The van der Waals surface area contributed by atoms with Crippen LogP contribution in [0.4, 0.5) is 4.79 Å². The highest BCUT2D eigenvalue weighted by Gasteiger charge is 1.95. The third kappa shape index (κ3) is 3.05. The van der Waals surface area contributed by atoms with E-state index in [0.717, 1.165) is 5.56 Å². The first-order chi connectivity index (χ1) is 5.79. The number of carbonyl (C=O) groups is 1. The molecule has 1 aromatic carbocycles. The second kappa shape index (κ2) is 4.38. The molecule has 3 heteroatoms. The van der Waals surface area contributed by atoms with Gasteiger partial charge >= 0.3 is 6.09 Å². The minimum absolute atomic E-state index is 0.284. The van der Waals surface area contributed by atoms with E-state index in [9.17, 15) is 4.79 Å². The van der Waals surface area contributed by atoms with Crippen molar-refractivity contribution in [3.63, 3.8) is 0 Å². The van der Waals surface area contributed by atoms with Gasteiger partial charge in [-0.1, -0.05) is 30.3 Å². The number of ether oxygens (including phenoxy) is 1. The number of hydrogen-bond donors (Lipinski definition) is 0. The summed E-state index contributed by atoms with van der Waals surface area (Å²) in [5, 5.41) is 0. The average molecular weight is 164 g/mol. The van der Waals surface area contributed by atoms with Gasteiger partial charge in [-0.3, -0.25) is 0 Å². The monoisotopic (exact) mass is 164 g/mol. The number of carbonyl (C=O) groups excluding carboxylic acids is 1. The fourth-order valence-electron chi connectivity index (χ4n) is 0.906. The first-order valence-electron chi connectivity index (χ1n) is 3.71. The summed E-state index contributed by atoms with van der Waals surface area (Å²) in [6, 6.07) is 9.70. The predicted molar refractivity (Wildman–Crippen MR) is 44.6 cm³/mol. The fraction of sp³-hybridized carbons (Fsp3) is 0.222. The van der Waals surface area contributed by atoms with Crippen LogP contribution in [0, 0.1) is 0 Å². The third-order valence-electron chi connectivity index (χ3n) is 1.47. The maximum absolute atomic E-state index is 10.1. The molecule has 0 aliphatic rings. The van der Waals surface area contributed by atoms with Gasteiger partial charge in [-0.15, -0.1) is 0 Å². The molecule has 1 radical (unpaired) electrons. The van der Waals surface area contributed by atoms with Crippen LogP contribution in [0.3, 0.4) is 0 Å². The first kappa shape index (κ1) is 8.59. The Morgan fingerprint density at radius 2 is 2.00 bits per heavy atom. The maximum atomic E-state index is 10.1. The van der Waals surface area contributed by atoms with Gasteiger partial charge in [0, 0.05) is 6.42 Å². The van der Waals surface area contributed by atoms with Crippen LogP contribution in [0.1, 0.15) is 5.56 Å². The van der Waals surface area contributed by atoms with E-state index in [1.165, 1.54) is 0 Å². The van der Waals surface area contributed by atoms with Gasteiger partial charge in [0.15, 0.2) is 0 Å². The molecule has 12 heavy (non-hydrogen) atoms. The highest BCUT2D eigenvalue weighted by Crippen LogP contribution is 1.99. The summed E-state index contributed by atoms with van der Waals surface area (Å²) in [6.45, 7) is 0.284. The van der Waals surface area contributed by atoms with Crippen molar-refractivity contribution >= 4 is 6.09 Å². The standard InChI is InChI=1S/C9H10NO2/c10-9(11)12-7-6-8-4-2-1-3-5-8/h1-5,10H,6-7H2. The van der Waals surface area contributed by atoms with Gasteiger partial charge in [0.1, 0.15) is 0 Å². The second-order valence-electron chi connectivity index (χ2n) is 2.37. The molecule has 0 unspecified atom stereocenters. The highest BCUT2D eigenvalue weighted by molar-refractivity contribution is 5.63. The van der Waals surface area contributed by atoms with Crippen LogP contribution in [-0.4, -0.2) is 12.7 Å². The number of nitrogens with one attached hydrogen (secondary N) is 1. The number of rotatable bonds is 3. The van der Waals surface area contributed by atoms with E-state index in [1.54, 1.807) is 0 Å². The SMILES string of the molecule is [NH]C(=O)OCCc1ccccc1. The van der Waals surface area contributed by atoms with Gasteiger partial charge in [-0.25, -0.2) is 10.5 Å². The molecular formula is C9H10NO2. The molecule has 0 saturated heterocycles. The minimum atomic E-state index is -0.967. The van der Waals surface area contributed by atoms with Gasteiger partial charge < -0.3 is 4.74 Å². The normalized spacial score (nSPS) is 9.33. The summed E-state index contributed by atoms with van der Waals surface area (Å²) in [4.78, 5) is 10.1. The number of benzene rings is 1. The van der Waals surface area contributed by atoms with Crippen molar-refractivity contribution in [1.82, 2.24) is 5.73 Å². The first-order valence-corrected chi connectivity index (χ1v) is 3.71. The lowest BCUT2D eigenvalue weighted by Crippen LogP contribution is -2.05. The van der Waals surface area contributed by atoms with Crippen molar-refractivity contribution in [2.45, 2.75) is 6.42 Å². The summed E-state index contributed by atoms with van der Waals surface area (Å²) in [5.74, 6) is 0. The third-order valence-corrected chi connectivity index (χ3v) is 1.47. The van der Waals surface area contributed by atoms with E-state index in [0.29, 0.717) is 6.42 Å². The Labute approximate surface area is 71.1 Å². The Bertz CT molecular complexity index is 246. The maximum Gasteiger partial charge on any atom is 0.426 e. The molecular weight excluding hydrogens is 154 g/mol. The molecule has 0 aliphatic carbocycles. The Balaban J connectivity index is 2.29. The Morgan fingerprint density at radius 3 is 2.58 bits per heavy atom. The van der Waals surface area contributed by atoms with Crippen LogP contribution in [0.25, 0.3) is 0 Å². The van der Waals surface area contributed by atoms with Crippen LogP contribution >= 0.6 is 0 Å². The smallest absolute Gasteiger partial charge is 0.426 e. The van der Waals surface area contributed by atoms with Gasteiger partial charge in [-0.2, -0.15) is 0 Å². The van der Waals surface area contributed by atoms with Crippen LogP contribution in [0.2, 0.25) is 0 Å². The molecule has 0 fully saturated rings. The molecule has 0 atom stereocenters. The molecule has 0 saturated carbocycles. The zero-order chi connectivity index (χ0) is 8.81. The predicted octanol–water partition coefficient (Wildman–Crippen LogP) is 1.65. The molecule has 0 bridgehead atoms. The second-order valence-corrected chi connectivity index (χ2v) is 2.37. The van der Waals surface area contributed by atoms with Gasteiger partial charge in [-0.05, 0) is 5.56 Å². The zero-order valence-corrected chi connectivity index (χ0v) is 6.62. The molecule has 1 amide bonds. The summed E-state index contributed by atoms with van der Waals surface area (Å²) >= 11 is 0. The molecule has 1 N–H and O–H groups in total. The van der Waals surface area contributed by atoms with E-state index in [4.69, 9.17) is 5.73 Å².